The van der Waals surface area contributed by atoms with Crippen molar-refractivity contribution in [1.29, 1.82) is 0 Å². The van der Waals surface area contributed by atoms with Gasteiger partial charge in [-0.25, -0.2) is 0 Å². The predicted molar refractivity (Wildman–Crippen MR) is 72.2 cm³/mol. The van der Waals surface area contributed by atoms with Crippen LogP contribution in [0.5, 0.6) is 0 Å². The summed E-state index contributed by atoms with van der Waals surface area (Å²) in [6.45, 7) is 9.14. The molecule has 2 heterocycles. The third-order valence-electron chi connectivity index (χ3n) is 3.60. The average Bonchev–Trinajstić information content (AvgIpc) is 2.67. The lowest BCUT2D eigenvalue weighted by Gasteiger charge is -2.25. The van der Waals surface area contributed by atoms with E-state index in [1.54, 1.807) is 0 Å². The van der Waals surface area contributed by atoms with Crippen molar-refractivity contribution in [3.05, 3.63) is 47.7 Å². The van der Waals surface area contributed by atoms with Gasteiger partial charge < -0.3 is 4.98 Å². The van der Waals surface area contributed by atoms with Crippen LogP contribution in [0, 0.1) is 6.92 Å². The summed E-state index contributed by atoms with van der Waals surface area (Å²) in [5, 5.41) is 1.40. The van der Waals surface area contributed by atoms with E-state index in [4.69, 9.17) is 0 Å². The summed E-state index contributed by atoms with van der Waals surface area (Å²) < 4.78 is 0. The second kappa shape index (κ2) is 4.04. The van der Waals surface area contributed by atoms with E-state index in [9.17, 15) is 0 Å². The second-order valence-electron chi connectivity index (χ2n) is 4.90. The summed E-state index contributed by atoms with van der Waals surface area (Å²) in [5.74, 6) is 0. The zero-order valence-corrected chi connectivity index (χ0v) is 10.3. The normalized spacial score (nSPS) is 16.1. The zero-order valence-electron chi connectivity index (χ0n) is 10.3. The van der Waals surface area contributed by atoms with E-state index in [1.807, 2.05) is 6.08 Å². The van der Waals surface area contributed by atoms with Crippen LogP contribution >= 0.6 is 0 Å². The fraction of sp³-hybridized carbons (Fsp3) is 0.333. The number of benzene rings is 1. The molecule has 0 unspecified atom stereocenters. The van der Waals surface area contributed by atoms with Gasteiger partial charge in [0, 0.05) is 42.7 Å². The number of aryl methyl sites for hydroxylation is 1. The number of nitrogens with one attached hydrogen (secondary N) is 1. The highest BCUT2D eigenvalue weighted by Gasteiger charge is 2.19. The molecule has 17 heavy (non-hydrogen) atoms. The fourth-order valence-corrected chi connectivity index (χ4v) is 2.72. The fourth-order valence-electron chi connectivity index (χ4n) is 2.72. The first-order valence-corrected chi connectivity index (χ1v) is 6.21. The molecular weight excluding hydrogens is 208 g/mol. The lowest BCUT2D eigenvalue weighted by molar-refractivity contribution is 0.282. The lowest BCUT2D eigenvalue weighted by Crippen LogP contribution is -2.30. The molecule has 3 rings (SSSR count). The number of rotatable bonds is 2. The highest BCUT2D eigenvalue weighted by Crippen LogP contribution is 2.28. The molecule has 1 aromatic heterocycles. The minimum atomic E-state index is 0.984. The van der Waals surface area contributed by atoms with Gasteiger partial charge in [0.15, 0.2) is 0 Å². The number of aromatic nitrogens is 1. The molecule has 1 aliphatic rings. The smallest absolute Gasteiger partial charge is 0.0459 e. The molecule has 0 bridgehead atoms. The second-order valence-corrected chi connectivity index (χ2v) is 4.90. The third kappa shape index (κ3) is 1.79. The monoisotopic (exact) mass is 226 g/mol. The molecule has 0 saturated carbocycles. The maximum absolute atomic E-state index is 3.83. The molecule has 0 saturated heterocycles. The van der Waals surface area contributed by atoms with Crippen LogP contribution in [-0.2, 0) is 13.0 Å². The SMILES string of the molecule is C=CCN1CCc2[nH]c3ccc(C)cc3c2C1. The Labute approximate surface area is 102 Å². The van der Waals surface area contributed by atoms with Gasteiger partial charge >= 0.3 is 0 Å². The molecular formula is C15H18N2. The summed E-state index contributed by atoms with van der Waals surface area (Å²) in [7, 11) is 0. The first-order valence-electron chi connectivity index (χ1n) is 6.21. The molecule has 1 aromatic carbocycles. The van der Waals surface area contributed by atoms with Crippen molar-refractivity contribution >= 4 is 10.9 Å². The van der Waals surface area contributed by atoms with Crippen molar-refractivity contribution in [3.63, 3.8) is 0 Å². The summed E-state index contributed by atoms with van der Waals surface area (Å²) in [6.07, 6.45) is 3.11. The van der Waals surface area contributed by atoms with E-state index in [-0.39, 0.29) is 0 Å². The predicted octanol–water partition coefficient (Wildman–Crippen LogP) is 3.02. The Balaban J connectivity index is 2.07. The van der Waals surface area contributed by atoms with Gasteiger partial charge in [-0.1, -0.05) is 17.7 Å². The Morgan fingerprint density at radius 1 is 1.47 bits per heavy atom. The Morgan fingerprint density at radius 3 is 3.18 bits per heavy atom. The molecule has 0 radical (unpaired) electrons. The Kier molecular flexibility index (Phi) is 2.52. The average molecular weight is 226 g/mol. The van der Waals surface area contributed by atoms with Gasteiger partial charge in [0.25, 0.3) is 0 Å². The number of fused-ring (bicyclic) bond motifs is 3. The standard InChI is InChI=1S/C15H18N2/c1-3-7-17-8-6-15-13(10-17)12-9-11(2)4-5-14(12)16-15/h3-5,9,16H,1,6-8,10H2,2H3. The molecule has 1 aliphatic heterocycles. The molecule has 0 atom stereocenters. The highest BCUT2D eigenvalue weighted by atomic mass is 15.1. The summed E-state index contributed by atoms with van der Waals surface area (Å²) in [6, 6.07) is 6.66. The molecule has 2 heteroatoms. The summed E-state index contributed by atoms with van der Waals surface area (Å²) in [5.41, 5.74) is 5.52. The van der Waals surface area contributed by atoms with Crippen molar-refractivity contribution in [3.8, 4) is 0 Å². The van der Waals surface area contributed by atoms with E-state index in [2.05, 4.69) is 41.6 Å². The Bertz CT molecular complexity index is 566. The largest absolute Gasteiger partial charge is 0.358 e. The minimum Gasteiger partial charge on any atom is -0.358 e. The van der Waals surface area contributed by atoms with Gasteiger partial charge in [-0.15, -0.1) is 6.58 Å². The van der Waals surface area contributed by atoms with Gasteiger partial charge in [0.1, 0.15) is 0 Å². The van der Waals surface area contributed by atoms with Crippen LogP contribution < -0.4 is 0 Å². The van der Waals surface area contributed by atoms with Crippen LogP contribution in [0.3, 0.4) is 0 Å². The van der Waals surface area contributed by atoms with Gasteiger partial charge in [-0.05, 0) is 24.6 Å². The van der Waals surface area contributed by atoms with E-state index >= 15 is 0 Å². The maximum Gasteiger partial charge on any atom is 0.0459 e. The van der Waals surface area contributed by atoms with E-state index < -0.39 is 0 Å². The maximum atomic E-state index is 3.83. The number of H-pyrrole nitrogens is 1. The number of aromatic amines is 1. The van der Waals surface area contributed by atoms with Gasteiger partial charge in [-0.2, -0.15) is 0 Å². The van der Waals surface area contributed by atoms with Crippen molar-refractivity contribution in [2.75, 3.05) is 13.1 Å². The number of hydrogen-bond donors (Lipinski definition) is 1. The van der Waals surface area contributed by atoms with Crippen molar-refractivity contribution in [1.82, 2.24) is 9.88 Å². The van der Waals surface area contributed by atoms with Crippen molar-refractivity contribution < 1.29 is 0 Å². The van der Waals surface area contributed by atoms with Crippen LogP contribution in [0.2, 0.25) is 0 Å². The minimum absolute atomic E-state index is 0.984. The van der Waals surface area contributed by atoms with Crippen molar-refractivity contribution in [2.24, 2.45) is 0 Å². The van der Waals surface area contributed by atoms with Gasteiger partial charge in [-0.3, -0.25) is 4.90 Å². The first-order chi connectivity index (χ1) is 8.28. The van der Waals surface area contributed by atoms with Crippen LogP contribution in [0.15, 0.2) is 30.9 Å². The number of nitrogens with zero attached hydrogens (tertiary/aromatic N) is 1. The third-order valence-corrected chi connectivity index (χ3v) is 3.60. The van der Waals surface area contributed by atoms with E-state index in [1.165, 1.54) is 27.7 Å². The Hall–Kier alpha value is -1.54. The molecule has 0 spiro atoms. The van der Waals surface area contributed by atoms with Crippen LogP contribution in [0.4, 0.5) is 0 Å². The molecule has 0 fully saturated rings. The van der Waals surface area contributed by atoms with Crippen molar-refractivity contribution in [2.45, 2.75) is 19.9 Å². The molecule has 0 amide bonds. The van der Waals surface area contributed by atoms with E-state index in [0.717, 1.165) is 26.1 Å². The topological polar surface area (TPSA) is 19.0 Å². The summed E-state index contributed by atoms with van der Waals surface area (Å²) in [4.78, 5) is 6.00. The zero-order chi connectivity index (χ0) is 11.8. The van der Waals surface area contributed by atoms with Crippen LogP contribution in [0.1, 0.15) is 16.8 Å². The summed E-state index contributed by atoms with van der Waals surface area (Å²) >= 11 is 0. The molecule has 2 nitrogen and oxygen atoms in total. The van der Waals surface area contributed by atoms with Crippen LogP contribution in [0.25, 0.3) is 10.9 Å². The highest BCUT2D eigenvalue weighted by molar-refractivity contribution is 5.85. The number of hydrogen-bond acceptors (Lipinski definition) is 1. The van der Waals surface area contributed by atoms with Gasteiger partial charge in [0.2, 0.25) is 0 Å². The molecule has 1 N–H and O–H groups in total. The molecule has 2 aromatic rings. The molecule has 0 aliphatic carbocycles. The molecule has 88 valence electrons. The quantitative estimate of drug-likeness (QED) is 0.780. The van der Waals surface area contributed by atoms with Crippen LogP contribution in [-0.4, -0.2) is 23.0 Å². The first kappa shape index (κ1) is 10.6. The lowest BCUT2D eigenvalue weighted by atomic mass is 10.0. The van der Waals surface area contributed by atoms with E-state index in [0.29, 0.717) is 0 Å². The Morgan fingerprint density at radius 2 is 2.35 bits per heavy atom. The van der Waals surface area contributed by atoms with Gasteiger partial charge in [0.05, 0.1) is 0 Å².